The highest BCUT2D eigenvalue weighted by Gasteiger charge is 2.10. The molecule has 0 aliphatic heterocycles. The Morgan fingerprint density at radius 2 is 2.00 bits per heavy atom. The van der Waals surface area contributed by atoms with E-state index >= 15 is 0 Å². The molecule has 0 radical (unpaired) electrons. The average molecular weight is 365 g/mol. The minimum absolute atomic E-state index is 0.223. The van der Waals surface area contributed by atoms with Gasteiger partial charge in [0.1, 0.15) is 0 Å². The Kier molecular flexibility index (Phi) is 7.88. The van der Waals surface area contributed by atoms with E-state index in [0.29, 0.717) is 10.7 Å². The number of nitrogens with one attached hydrogen (secondary N) is 1. The van der Waals surface area contributed by atoms with Crippen molar-refractivity contribution in [1.82, 2.24) is 9.97 Å². The number of thiazole rings is 1. The zero-order valence-corrected chi connectivity index (χ0v) is 14.6. The quantitative estimate of drug-likeness (QED) is 0.415. The van der Waals surface area contributed by atoms with E-state index in [2.05, 4.69) is 33.5 Å². The molecule has 0 aliphatic carbocycles. The molecule has 1 amide bonds. The van der Waals surface area contributed by atoms with Gasteiger partial charge in [-0.25, -0.2) is 15.5 Å². The first kappa shape index (κ1) is 20.2. The monoisotopic (exact) mass is 365 g/mol. The summed E-state index contributed by atoms with van der Waals surface area (Å²) in [4.78, 5) is 20.6. The smallest absolute Gasteiger partial charge is 0.259 e. The Hall–Kier alpha value is -3.82. The molecule has 3 rings (SSSR count). The van der Waals surface area contributed by atoms with E-state index in [-0.39, 0.29) is 5.91 Å². The van der Waals surface area contributed by atoms with Crippen molar-refractivity contribution in [2.24, 2.45) is 10.9 Å². The highest BCUT2D eigenvalue weighted by Crippen LogP contribution is 2.26. The third-order valence-electron chi connectivity index (χ3n) is 2.99. The Morgan fingerprint density at radius 3 is 2.65 bits per heavy atom. The van der Waals surface area contributed by atoms with Crippen molar-refractivity contribution in [2.75, 3.05) is 5.32 Å². The molecule has 8 nitrogen and oxygen atoms in total. The zero-order valence-electron chi connectivity index (χ0n) is 13.8. The fourth-order valence-corrected chi connectivity index (χ4v) is 2.92. The lowest BCUT2D eigenvalue weighted by Crippen LogP contribution is -2.12. The van der Waals surface area contributed by atoms with Crippen LogP contribution in [0, 0.1) is 30.6 Å². The number of amides is 1. The minimum Gasteiger partial charge on any atom is -0.323 e. The summed E-state index contributed by atoms with van der Waals surface area (Å²) in [5, 5.41) is 19.8. The maximum atomic E-state index is 12.2. The molecular formula is C17H15N7OS. The lowest BCUT2D eigenvalue weighted by molar-refractivity contribution is 0.102. The fraction of sp³-hybridized carbons (Fsp3) is 0.0588. The summed E-state index contributed by atoms with van der Waals surface area (Å²) in [6.45, 7) is 8.89. The number of hydrogen-bond donors (Lipinski definition) is 2. The second-order valence-corrected chi connectivity index (χ2v) is 5.76. The standard InChI is InChI=1S/C15H13N5OS.2CHN/c1-9-4-11(8-17-6-9)14(21)20-15-19-12-3-2-10(7-18-16)5-13(12)22-15;2*1-2/h2-8H,16H2,1H3,(H,19,20,21);2*1H. The van der Waals surface area contributed by atoms with Crippen molar-refractivity contribution in [1.29, 1.82) is 10.5 Å². The molecule has 0 saturated heterocycles. The minimum atomic E-state index is -0.223. The number of nitrogens with two attached hydrogens (primary N) is 1. The summed E-state index contributed by atoms with van der Waals surface area (Å²) in [5.41, 5.74) is 3.15. The number of fused-ring (bicyclic) bond motifs is 1. The molecule has 0 bridgehead atoms. The number of hydrazone groups is 1. The summed E-state index contributed by atoms with van der Waals surface area (Å²) in [6, 6.07) is 7.44. The van der Waals surface area contributed by atoms with E-state index in [9.17, 15) is 4.79 Å². The van der Waals surface area contributed by atoms with Gasteiger partial charge in [0, 0.05) is 25.5 Å². The van der Waals surface area contributed by atoms with Crippen LogP contribution in [0.5, 0.6) is 0 Å². The van der Waals surface area contributed by atoms with Gasteiger partial charge in [-0.3, -0.25) is 15.1 Å². The van der Waals surface area contributed by atoms with Gasteiger partial charge in [-0.05, 0) is 36.2 Å². The number of rotatable bonds is 3. The van der Waals surface area contributed by atoms with Crippen LogP contribution >= 0.6 is 11.3 Å². The largest absolute Gasteiger partial charge is 0.323 e. The van der Waals surface area contributed by atoms with Crippen LogP contribution in [0.25, 0.3) is 10.2 Å². The summed E-state index contributed by atoms with van der Waals surface area (Å²) >= 11 is 1.40. The van der Waals surface area contributed by atoms with Gasteiger partial charge in [0.05, 0.1) is 22.0 Å². The maximum absolute atomic E-state index is 12.2. The molecule has 0 unspecified atom stereocenters. The van der Waals surface area contributed by atoms with Gasteiger partial charge in [-0.15, -0.1) is 0 Å². The highest BCUT2D eigenvalue weighted by molar-refractivity contribution is 7.22. The van der Waals surface area contributed by atoms with Crippen LogP contribution in [0.15, 0.2) is 41.8 Å². The normalized spacial score (nSPS) is 9.58. The molecule has 1 aromatic carbocycles. The third-order valence-corrected chi connectivity index (χ3v) is 3.93. The number of nitrogens with zero attached hydrogens (tertiary/aromatic N) is 5. The first-order valence-electron chi connectivity index (χ1n) is 7.04. The van der Waals surface area contributed by atoms with E-state index < -0.39 is 0 Å². The number of benzene rings is 1. The Labute approximate surface area is 154 Å². The van der Waals surface area contributed by atoms with Crippen LogP contribution in [0.2, 0.25) is 0 Å². The van der Waals surface area contributed by atoms with Gasteiger partial charge in [0.15, 0.2) is 5.13 Å². The van der Waals surface area contributed by atoms with Crippen LogP contribution in [0.3, 0.4) is 0 Å². The number of anilines is 1. The van der Waals surface area contributed by atoms with Crippen molar-refractivity contribution in [3.63, 3.8) is 0 Å². The number of nitriles is 2. The average Bonchev–Trinajstić information content (AvgIpc) is 3.07. The molecular weight excluding hydrogens is 350 g/mol. The van der Waals surface area contributed by atoms with Crippen LogP contribution in [-0.4, -0.2) is 22.1 Å². The second kappa shape index (κ2) is 10.1. The van der Waals surface area contributed by atoms with Gasteiger partial charge in [0.25, 0.3) is 5.91 Å². The predicted molar refractivity (Wildman–Crippen MR) is 102 cm³/mol. The van der Waals surface area contributed by atoms with Crippen molar-refractivity contribution in [3.05, 3.63) is 53.3 Å². The fourth-order valence-electron chi connectivity index (χ4n) is 2.01. The second-order valence-electron chi connectivity index (χ2n) is 4.73. The molecule has 0 spiro atoms. The number of hydrogen-bond acceptors (Lipinski definition) is 8. The topological polar surface area (TPSA) is 141 Å². The summed E-state index contributed by atoms with van der Waals surface area (Å²) in [6.07, 6.45) is 4.80. The van der Waals surface area contributed by atoms with Gasteiger partial charge >= 0.3 is 0 Å². The summed E-state index contributed by atoms with van der Waals surface area (Å²) in [5.74, 6) is 4.92. The maximum Gasteiger partial charge on any atom is 0.259 e. The number of aromatic nitrogens is 2. The van der Waals surface area contributed by atoms with Crippen molar-refractivity contribution < 1.29 is 4.79 Å². The van der Waals surface area contributed by atoms with Crippen molar-refractivity contribution >= 4 is 38.8 Å². The van der Waals surface area contributed by atoms with Crippen LogP contribution < -0.4 is 11.2 Å². The Morgan fingerprint density at radius 1 is 1.27 bits per heavy atom. The zero-order chi connectivity index (χ0) is 19.5. The molecule has 0 aliphatic rings. The molecule has 9 heteroatoms. The number of carbonyl (C=O) groups excluding carboxylic acids is 1. The lowest BCUT2D eigenvalue weighted by Gasteiger charge is -2.01. The van der Waals surface area contributed by atoms with Gasteiger partial charge in [-0.1, -0.05) is 17.4 Å². The van der Waals surface area contributed by atoms with Crippen LogP contribution in [0.4, 0.5) is 5.13 Å². The highest BCUT2D eigenvalue weighted by atomic mass is 32.1. The first-order chi connectivity index (χ1) is 12.7. The molecule has 2 heterocycles. The lowest BCUT2D eigenvalue weighted by atomic mass is 10.2. The molecule has 130 valence electrons. The summed E-state index contributed by atoms with van der Waals surface area (Å²) in [7, 11) is 0. The Bertz CT molecular complexity index is 953. The number of aryl methyl sites for hydroxylation is 1. The molecule has 0 saturated carbocycles. The van der Waals surface area contributed by atoms with E-state index in [1.165, 1.54) is 17.5 Å². The van der Waals surface area contributed by atoms with Gasteiger partial charge < -0.3 is 5.84 Å². The summed E-state index contributed by atoms with van der Waals surface area (Å²) < 4.78 is 0.954. The Balaban J connectivity index is 0.000000791. The predicted octanol–water partition coefficient (Wildman–Crippen LogP) is 2.82. The molecule has 26 heavy (non-hydrogen) atoms. The molecule has 0 fully saturated rings. The van der Waals surface area contributed by atoms with Gasteiger partial charge in [0.2, 0.25) is 0 Å². The van der Waals surface area contributed by atoms with Crippen LogP contribution in [-0.2, 0) is 0 Å². The van der Waals surface area contributed by atoms with Gasteiger partial charge in [-0.2, -0.15) is 5.10 Å². The first-order valence-corrected chi connectivity index (χ1v) is 7.86. The van der Waals surface area contributed by atoms with E-state index in [1.807, 2.05) is 25.1 Å². The number of carbonyl (C=O) groups is 1. The SMILES string of the molecule is C#N.C#N.Cc1cncc(C(=O)Nc2nc3ccc(C=NN)cc3s2)c1. The van der Waals surface area contributed by atoms with Crippen molar-refractivity contribution in [3.8, 4) is 13.1 Å². The molecule has 0 atom stereocenters. The molecule has 3 N–H and O–H groups in total. The molecule has 2 aromatic heterocycles. The van der Waals surface area contributed by atoms with Crippen molar-refractivity contribution in [2.45, 2.75) is 6.92 Å². The van der Waals surface area contributed by atoms with Crippen LogP contribution in [0.1, 0.15) is 21.5 Å². The number of pyridine rings is 1. The van der Waals surface area contributed by atoms with E-state index in [1.54, 1.807) is 18.5 Å². The van der Waals surface area contributed by atoms with E-state index in [0.717, 1.165) is 21.3 Å². The van der Waals surface area contributed by atoms with E-state index in [4.69, 9.17) is 16.4 Å². The molecule has 3 aromatic rings. The third kappa shape index (κ3) is 5.09.